The Balaban J connectivity index is 1.96. The minimum absolute atomic E-state index is 0.153. The second-order valence-corrected chi connectivity index (χ2v) is 4.81. The van der Waals surface area contributed by atoms with E-state index in [9.17, 15) is 10.1 Å². The van der Waals surface area contributed by atoms with Crippen LogP contribution < -0.4 is 5.32 Å². The molecule has 0 aliphatic carbocycles. The third-order valence-electron chi connectivity index (χ3n) is 2.45. The van der Waals surface area contributed by atoms with E-state index >= 15 is 0 Å². The van der Waals surface area contributed by atoms with Crippen LogP contribution in [0.4, 0.5) is 5.69 Å². The molecule has 0 aliphatic rings. The lowest BCUT2D eigenvalue weighted by Crippen LogP contribution is -2.13. The van der Waals surface area contributed by atoms with Gasteiger partial charge in [-0.2, -0.15) is 0 Å². The number of aryl methyl sites for hydroxylation is 1. The summed E-state index contributed by atoms with van der Waals surface area (Å²) >= 11 is 1.59. The van der Waals surface area contributed by atoms with E-state index in [-0.39, 0.29) is 10.6 Å². The Hall–Kier alpha value is -1.79. The molecule has 0 saturated heterocycles. The third kappa shape index (κ3) is 3.12. The minimum atomic E-state index is -0.357. The Morgan fingerprint density at radius 3 is 2.83 bits per heavy atom. The first-order chi connectivity index (χ1) is 8.66. The summed E-state index contributed by atoms with van der Waals surface area (Å²) in [6.45, 7) is 3.04. The Kier molecular flexibility index (Phi) is 4.01. The zero-order valence-electron chi connectivity index (χ0n) is 9.92. The topological polar surface area (TPSA) is 68.1 Å². The first kappa shape index (κ1) is 12.7. The van der Waals surface area contributed by atoms with E-state index < -0.39 is 0 Å². The van der Waals surface area contributed by atoms with Gasteiger partial charge in [0.1, 0.15) is 5.01 Å². The number of rotatable bonds is 5. The van der Waals surface area contributed by atoms with Gasteiger partial charge in [0.2, 0.25) is 0 Å². The third-order valence-corrected chi connectivity index (χ3v) is 3.41. The van der Waals surface area contributed by atoms with Crippen LogP contribution in [0, 0.1) is 17.0 Å². The van der Waals surface area contributed by atoms with E-state index in [1.807, 2.05) is 12.3 Å². The number of nitrogens with zero attached hydrogens (tertiary/aromatic N) is 2. The van der Waals surface area contributed by atoms with E-state index in [2.05, 4.69) is 10.3 Å². The molecule has 1 aromatic carbocycles. The zero-order chi connectivity index (χ0) is 13.0. The van der Waals surface area contributed by atoms with Gasteiger partial charge in [0.15, 0.2) is 0 Å². The molecule has 2 rings (SSSR count). The van der Waals surface area contributed by atoms with Crippen molar-refractivity contribution in [1.82, 2.24) is 10.3 Å². The fourth-order valence-electron chi connectivity index (χ4n) is 1.63. The van der Waals surface area contributed by atoms with Crippen LogP contribution in [0.25, 0.3) is 0 Å². The number of nitrogens with one attached hydrogen (secondary N) is 1. The molecule has 0 radical (unpaired) electrons. The van der Waals surface area contributed by atoms with Crippen molar-refractivity contribution >= 4 is 17.0 Å². The Bertz CT molecular complexity index is 554. The summed E-state index contributed by atoms with van der Waals surface area (Å²) in [6, 6.07) is 6.76. The molecule has 0 atom stereocenters. The van der Waals surface area contributed by atoms with Crippen LogP contribution in [0.2, 0.25) is 0 Å². The summed E-state index contributed by atoms with van der Waals surface area (Å²) < 4.78 is 0. The van der Waals surface area contributed by atoms with Gasteiger partial charge >= 0.3 is 0 Å². The molecule has 1 heterocycles. The lowest BCUT2D eigenvalue weighted by molar-refractivity contribution is -0.385. The van der Waals surface area contributed by atoms with Gasteiger partial charge in [-0.3, -0.25) is 10.1 Å². The standard InChI is InChI=1S/C12H13N3O2S/c1-9-8-18-12(14-9)7-13-6-10-4-2-3-5-11(10)15(16)17/h2-5,8,13H,6-7H2,1H3. The summed E-state index contributed by atoms with van der Waals surface area (Å²) in [5.74, 6) is 0. The number of aromatic nitrogens is 1. The number of hydrogen-bond acceptors (Lipinski definition) is 5. The van der Waals surface area contributed by atoms with E-state index in [4.69, 9.17) is 0 Å². The molecule has 5 nitrogen and oxygen atoms in total. The van der Waals surface area contributed by atoms with Crippen LogP contribution in [-0.4, -0.2) is 9.91 Å². The van der Waals surface area contributed by atoms with Crippen molar-refractivity contribution in [2.45, 2.75) is 20.0 Å². The zero-order valence-corrected chi connectivity index (χ0v) is 10.7. The highest BCUT2D eigenvalue weighted by Gasteiger charge is 2.11. The van der Waals surface area contributed by atoms with Crippen molar-refractivity contribution in [2.24, 2.45) is 0 Å². The number of nitro groups is 1. The number of nitro benzene ring substituents is 1. The Labute approximate surface area is 109 Å². The number of thiazole rings is 1. The maximum atomic E-state index is 10.8. The summed E-state index contributed by atoms with van der Waals surface area (Å²) in [5, 5.41) is 17.0. The lowest BCUT2D eigenvalue weighted by atomic mass is 10.2. The van der Waals surface area contributed by atoms with Crippen LogP contribution >= 0.6 is 11.3 Å². The molecule has 6 heteroatoms. The summed E-state index contributed by atoms with van der Waals surface area (Å²) in [6.07, 6.45) is 0. The van der Waals surface area contributed by atoms with Crippen molar-refractivity contribution in [3.63, 3.8) is 0 Å². The minimum Gasteiger partial charge on any atom is -0.306 e. The van der Waals surface area contributed by atoms with Crippen LogP contribution in [0.15, 0.2) is 29.6 Å². The maximum Gasteiger partial charge on any atom is 0.273 e. The van der Waals surface area contributed by atoms with Gasteiger partial charge in [-0.1, -0.05) is 18.2 Å². The van der Waals surface area contributed by atoms with Crippen LogP contribution in [0.1, 0.15) is 16.3 Å². The monoisotopic (exact) mass is 263 g/mol. The average Bonchev–Trinajstić information content (AvgIpc) is 2.75. The van der Waals surface area contributed by atoms with Crippen molar-refractivity contribution in [3.8, 4) is 0 Å². The summed E-state index contributed by atoms with van der Waals surface area (Å²) in [7, 11) is 0. The normalized spacial score (nSPS) is 10.5. The van der Waals surface area contributed by atoms with E-state index in [0.29, 0.717) is 18.7 Å². The van der Waals surface area contributed by atoms with Gasteiger partial charge in [0.25, 0.3) is 5.69 Å². The molecule has 18 heavy (non-hydrogen) atoms. The molecule has 0 amide bonds. The largest absolute Gasteiger partial charge is 0.306 e. The maximum absolute atomic E-state index is 10.8. The van der Waals surface area contributed by atoms with E-state index in [1.165, 1.54) is 6.07 Å². The molecule has 0 saturated carbocycles. The molecule has 1 N–H and O–H groups in total. The molecule has 0 spiro atoms. The molecule has 1 aromatic heterocycles. The second-order valence-electron chi connectivity index (χ2n) is 3.87. The molecule has 0 fully saturated rings. The highest BCUT2D eigenvalue weighted by atomic mass is 32.1. The molecule has 0 bridgehead atoms. The van der Waals surface area contributed by atoms with Crippen LogP contribution in [-0.2, 0) is 13.1 Å². The van der Waals surface area contributed by atoms with Crippen molar-refractivity contribution < 1.29 is 4.92 Å². The van der Waals surface area contributed by atoms with Crippen molar-refractivity contribution in [1.29, 1.82) is 0 Å². The predicted octanol–water partition coefficient (Wildman–Crippen LogP) is 2.65. The number of para-hydroxylation sites is 1. The van der Waals surface area contributed by atoms with Gasteiger partial charge in [-0.25, -0.2) is 4.98 Å². The first-order valence-corrected chi connectivity index (χ1v) is 6.39. The highest BCUT2D eigenvalue weighted by molar-refractivity contribution is 7.09. The lowest BCUT2D eigenvalue weighted by Gasteiger charge is -2.03. The van der Waals surface area contributed by atoms with E-state index in [1.54, 1.807) is 29.5 Å². The second kappa shape index (κ2) is 5.70. The van der Waals surface area contributed by atoms with Crippen molar-refractivity contribution in [3.05, 3.63) is 56.0 Å². The SMILES string of the molecule is Cc1csc(CNCc2ccccc2[N+](=O)[O-])n1. The van der Waals surface area contributed by atoms with E-state index in [0.717, 1.165) is 10.7 Å². The number of benzene rings is 1. The fraction of sp³-hybridized carbons (Fsp3) is 0.250. The molecular weight excluding hydrogens is 250 g/mol. The van der Waals surface area contributed by atoms with Crippen LogP contribution in [0.5, 0.6) is 0 Å². The van der Waals surface area contributed by atoms with Gasteiger partial charge in [-0.15, -0.1) is 11.3 Å². The summed E-state index contributed by atoms with van der Waals surface area (Å²) in [5.41, 5.74) is 1.85. The molecule has 0 aliphatic heterocycles. The van der Waals surface area contributed by atoms with Gasteiger partial charge in [0, 0.05) is 35.8 Å². The van der Waals surface area contributed by atoms with Crippen LogP contribution in [0.3, 0.4) is 0 Å². The van der Waals surface area contributed by atoms with Gasteiger partial charge in [0.05, 0.1) is 4.92 Å². The predicted molar refractivity (Wildman–Crippen MR) is 70.5 cm³/mol. The quantitative estimate of drug-likeness (QED) is 0.665. The summed E-state index contributed by atoms with van der Waals surface area (Å²) in [4.78, 5) is 14.8. The first-order valence-electron chi connectivity index (χ1n) is 5.51. The number of hydrogen-bond donors (Lipinski definition) is 1. The van der Waals surface area contributed by atoms with Crippen molar-refractivity contribution in [2.75, 3.05) is 0 Å². The Morgan fingerprint density at radius 2 is 2.17 bits per heavy atom. The van der Waals surface area contributed by atoms with Gasteiger partial charge < -0.3 is 5.32 Å². The smallest absolute Gasteiger partial charge is 0.273 e. The molecular formula is C12H13N3O2S. The molecule has 2 aromatic rings. The van der Waals surface area contributed by atoms with Gasteiger partial charge in [-0.05, 0) is 6.92 Å². The fourth-order valence-corrected chi connectivity index (χ4v) is 2.37. The highest BCUT2D eigenvalue weighted by Crippen LogP contribution is 2.17. The molecule has 0 unspecified atom stereocenters. The Morgan fingerprint density at radius 1 is 1.39 bits per heavy atom. The molecule has 94 valence electrons. The average molecular weight is 263 g/mol.